The van der Waals surface area contributed by atoms with Crippen LogP contribution < -0.4 is 10.6 Å². The lowest BCUT2D eigenvalue weighted by atomic mass is 9.91. The zero-order valence-electron chi connectivity index (χ0n) is 9.10. The van der Waals surface area contributed by atoms with Crippen LogP contribution in [-0.4, -0.2) is 26.2 Å². The van der Waals surface area contributed by atoms with E-state index in [0.29, 0.717) is 0 Å². The molecule has 0 aromatic rings. The van der Waals surface area contributed by atoms with Crippen LogP contribution in [0.4, 0.5) is 0 Å². The molecule has 0 aliphatic carbocycles. The molecule has 1 fully saturated rings. The number of rotatable bonds is 5. The number of piperidine rings is 1. The summed E-state index contributed by atoms with van der Waals surface area (Å²) in [5.74, 6) is 0.915. The van der Waals surface area contributed by atoms with Crippen LogP contribution in [0.5, 0.6) is 0 Å². The zero-order chi connectivity index (χ0) is 9.52. The summed E-state index contributed by atoms with van der Waals surface area (Å²) in [7, 11) is 2.09. The summed E-state index contributed by atoms with van der Waals surface area (Å²) in [5.41, 5.74) is 0. The Hall–Kier alpha value is -0.0800. The van der Waals surface area contributed by atoms with Crippen LogP contribution >= 0.6 is 0 Å². The molecule has 0 spiro atoms. The van der Waals surface area contributed by atoms with Crippen LogP contribution in [-0.2, 0) is 0 Å². The van der Waals surface area contributed by atoms with Crippen molar-refractivity contribution in [2.24, 2.45) is 5.92 Å². The fourth-order valence-corrected chi connectivity index (χ4v) is 2.26. The molecule has 78 valence electrons. The number of nitrogens with one attached hydrogen (secondary N) is 2. The van der Waals surface area contributed by atoms with Gasteiger partial charge in [0.25, 0.3) is 0 Å². The van der Waals surface area contributed by atoms with E-state index in [1.54, 1.807) is 0 Å². The van der Waals surface area contributed by atoms with Gasteiger partial charge in [0.05, 0.1) is 0 Å². The van der Waals surface area contributed by atoms with Crippen molar-refractivity contribution in [3.05, 3.63) is 0 Å². The minimum absolute atomic E-state index is 0.745. The minimum atomic E-state index is 0.745. The lowest BCUT2D eigenvalue weighted by Gasteiger charge is -2.26. The Morgan fingerprint density at radius 3 is 2.92 bits per heavy atom. The van der Waals surface area contributed by atoms with Crippen molar-refractivity contribution in [1.82, 2.24) is 10.6 Å². The van der Waals surface area contributed by atoms with Gasteiger partial charge in [0.2, 0.25) is 0 Å². The molecule has 1 rings (SSSR count). The van der Waals surface area contributed by atoms with Crippen molar-refractivity contribution < 1.29 is 0 Å². The van der Waals surface area contributed by atoms with E-state index in [-0.39, 0.29) is 0 Å². The fraction of sp³-hybridized carbons (Fsp3) is 1.00. The third-order valence-electron chi connectivity index (χ3n) is 3.06. The normalized spacial score (nSPS) is 25.8. The van der Waals surface area contributed by atoms with E-state index in [1.165, 1.54) is 45.2 Å². The second kappa shape index (κ2) is 6.39. The SMILES string of the molecule is CCCC(CC1CCCNC1)NC. The van der Waals surface area contributed by atoms with Crippen molar-refractivity contribution in [1.29, 1.82) is 0 Å². The van der Waals surface area contributed by atoms with Gasteiger partial charge in [0, 0.05) is 6.04 Å². The Morgan fingerprint density at radius 2 is 2.38 bits per heavy atom. The highest BCUT2D eigenvalue weighted by Gasteiger charge is 2.16. The van der Waals surface area contributed by atoms with Gasteiger partial charge >= 0.3 is 0 Å². The molecule has 2 heteroatoms. The van der Waals surface area contributed by atoms with Crippen LogP contribution in [0.15, 0.2) is 0 Å². The van der Waals surface area contributed by atoms with Crippen molar-refractivity contribution in [3.63, 3.8) is 0 Å². The Bertz CT molecular complexity index is 117. The molecule has 1 aliphatic heterocycles. The summed E-state index contributed by atoms with van der Waals surface area (Å²) in [6.07, 6.45) is 6.78. The molecule has 0 aromatic carbocycles. The lowest BCUT2D eigenvalue weighted by molar-refractivity contribution is 0.311. The Kier molecular flexibility index (Phi) is 5.40. The number of hydrogen-bond donors (Lipinski definition) is 2. The van der Waals surface area contributed by atoms with Crippen LogP contribution in [0.3, 0.4) is 0 Å². The monoisotopic (exact) mass is 184 g/mol. The molecule has 2 nitrogen and oxygen atoms in total. The maximum atomic E-state index is 3.48. The first kappa shape index (κ1) is 11.0. The molecular weight excluding hydrogens is 160 g/mol. The van der Waals surface area contributed by atoms with E-state index in [2.05, 4.69) is 24.6 Å². The van der Waals surface area contributed by atoms with Gasteiger partial charge < -0.3 is 10.6 Å². The summed E-state index contributed by atoms with van der Waals surface area (Å²) < 4.78 is 0. The van der Waals surface area contributed by atoms with E-state index in [9.17, 15) is 0 Å². The van der Waals surface area contributed by atoms with E-state index in [4.69, 9.17) is 0 Å². The zero-order valence-corrected chi connectivity index (χ0v) is 9.10. The van der Waals surface area contributed by atoms with Crippen LogP contribution in [0.2, 0.25) is 0 Å². The molecule has 2 N–H and O–H groups in total. The van der Waals surface area contributed by atoms with Crippen molar-refractivity contribution in [3.8, 4) is 0 Å². The van der Waals surface area contributed by atoms with Gasteiger partial charge in [-0.3, -0.25) is 0 Å². The van der Waals surface area contributed by atoms with Gasteiger partial charge in [0.15, 0.2) is 0 Å². The van der Waals surface area contributed by atoms with Crippen molar-refractivity contribution in [2.45, 2.75) is 45.1 Å². The predicted molar refractivity (Wildman–Crippen MR) is 58.0 cm³/mol. The van der Waals surface area contributed by atoms with E-state index in [1.807, 2.05) is 0 Å². The van der Waals surface area contributed by atoms with Crippen LogP contribution in [0, 0.1) is 5.92 Å². The summed E-state index contributed by atoms with van der Waals surface area (Å²) in [4.78, 5) is 0. The molecule has 0 saturated carbocycles. The molecule has 0 amide bonds. The van der Waals surface area contributed by atoms with Gasteiger partial charge in [-0.1, -0.05) is 13.3 Å². The highest BCUT2D eigenvalue weighted by atomic mass is 14.9. The molecule has 0 radical (unpaired) electrons. The first-order valence-corrected chi connectivity index (χ1v) is 5.74. The maximum Gasteiger partial charge on any atom is 0.00670 e. The van der Waals surface area contributed by atoms with Gasteiger partial charge in [0.1, 0.15) is 0 Å². The van der Waals surface area contributed by atoms with Gasteiger partial charge in [-0.05, 0) is 51.7 Å². The topological polar surface area (TPSA) is 24.1 Å². The van der Waals surface area contributed by atoms with E-state index in [0.717, 1.165) is 12.0 Å². The highest BCUT2D eigenvalue weighted by molar-refractivity contribution is 4.75. The third kappa shape index (κ3) is 4.10. The smallest absolute Gasteiger partial charge is 0.00670 e. The molecule has 2 unspecified atom stereocenters. The molecule has 0 aromatic heterocycles. The van der Waals surface area contributed by atoms with Crippen molar-refractivity contribution in [2.75, 3.05) is 20.1 Å². The first-order valence-electron chi connectivity index (χ1n) is 5.74. The molecular formula is C11H24N2. The van der Waals surface area contributed by atoms with E-state index >= 15 is 0 Å². The minimum Gasteiger partial charge on any atom is -0.317 e. The maximum absolute atomic E-state index is 3.48. The fourth-order valence-electron chi connectivity index (χ4n) is 2.26. The summed E-state index contributed by atoms with van der Waals surface area (Å²) >= 11 is 0. The molecule has 2 atom stereocenters. The predicted octanol–water partition coefficient (Wildman–Crippen LogP) is 1.76. The quantitative estimate of drug-likeness (QED) is 0.680. The summed E-state index contributed by atoms with van der Waals surface area (Å²) in [5, 5.41) is 6.90. The van der Waals surface area contributed by atoms with Crippen LogP contribution in [0.25, 0.3) is 0 Å². The van der Waals surface area contributed by atoms with Crippen molar-refractivity contribution >= 4 is 0 Å². The number of hydrogen-bond acceptors (Lipinski definition) is 2. The standard InChI is InChI=1S/C11H24N2/c1-3-5-11(12-2)8-10-6-4-7-13-9-10/h10-13H,3-9H2,1-2H3. The van der Waals surface area contributed by atoms with E-state index < -0.39 is 0 Å². The van der Waals surface area contributed by atoms with Gasteiger partial charge in [-0.25, -0.2) is 0 Å². The molecule has 0 bridgehead atoms. The van der Waals surface area contributed by atoms with Gasteiger partial charge in [-0.15, -0.1) is 0 Å². The van der Waals surface area contributed by atoms with Gasteiger partial charge in [-0.2, -0.15) is 0 Å². The Morgan fingerprint density at radius 1 is 1.54 bits per heavy atom. The van der Waals surface area contributed by atoms with Crippen LogP contribution in [0.1, 0.15) is 39.0 Å². The second-order valence-corrected chi connectivity index (χ2v) is 4.22. The summed E-state index contributed by atoms with van der Waals surface area (Å²) in [6.45, 7) is 4.74. The first-order chi connectivity index (χ1) is 6.36. The molecule has 13 heavy (non-hydrogen) atoms. The Labute approximate surface area is 82.5 Å². The average Bonchev–Trinajstić information content (AvgIpc) is 2.19. The molecule has 1 aliphatic rings. The highest BCUT2D eigenvalue weighted by Crippen LogP contribution is 2.17. The summed E-state index contributed by atoms with van der Waals surface area (Å²) in [6, 6.07) is 0.745. The molecule has 1 heterocycles. The third-order valence-corrected chi connectivity index (χ3v) is 3.06. The average molecular weight is 184 g/mol. The second-order valence-electron chi connectivity index (χ2n) is 4.22. The lowest BCUT2D eigenvalue weighted by Crippen LogP contribution is -2.35. The largest absolute Gasteiger partial charge is 0.317 e. The Balaban J connectivity index is 2.18. The molecule has 1 saturated heterocycles.